The predicted octanol–water partition coefficient (Wildman–Crippen LogP) is 0.613. The lowest BCUT2D eigenvalue weighted by atomic mass is 9.77. The largest absolute Gasteiger partial charge is 0.491 e. The van der Waals surface area contributed by atoms with Crippen molar-refractivity contribution in [2.45, 2.75) is 31.3 Å². The van der Waals surface area contributed by atoms with Crippen LogP contribution in [0.15, 0.2) is 24.3 Å². The van der Waals surface area contributed by atoms with Crippen molar-refractivity contribution in [1.82, 2.24) is 10.2 Å². The molecule has 2 saturated heterocycles. The lowest BCUT2D eigenvalue weighted by molar-refractivity contribution is -0.144. The molecule has 1 aromatic rings. The number of nitrogens with one attached hydrogen (secondary N) is 1. The summed E-state index contributed by atoms with van der Waals surface area (Å²) in [6, 6.07) is 7.76. The van der Waals surface area contributed by atoms with E-state index < -0.39 is 17.4 Å². The zero-order chi connectivity index (χ0) is 17.9. The number of likely N-dealkylation sites (tertiary alicyclic amines) is 1. The molecular formula is C18H24N2O5. The van der Waals surface area contributed by atoms with Crippen LogP contribution < -0.4 is 10.1 Å². The predicted molar refractivity (Wildman–Crippen MR) is 90.2 cm³/mol. The van der Waals surface area contributed by atoms with E-state index in [4.69, 9.17) is 9.84 Å². The number of piperidine rings is 1. The van der Waals surface area contributed by atoms with Crippen molar-refractivity contribution >= 4 is 11.9 Å². The van der Waals surface area contributed by atoms with E-state index in [1.54, 1.807) is 0 Å². The number of hydrogen-bond donors (Lipinski definition) is 3. The number of aliphatic hydroxyl groups excluding tert-OH is 1. The first-order valence-corrected chi connectivity index (χ1v) is 8.61. The molecule has 3 N–H and O–H groups in total. The highest BCUT2D eigenvalue weighted by atomic mass is 16.5. The fourth-order valence-corrected chi connectivity index (χ4v) is 3.86. The van der Waals surface area contributed by atoms with Crippen molar-refractivity contribution in [1.29, 1.82) is 0 Å². The van der Waals surface area contributed by atoms with Gasteiger partial charge in [-0.15, -0.1) is 0 Å². The molecular weight excluding hydrogens is 324 g/mol. The molecule has 136 valence electrons. The van der Waals surface area contributed by atoms with E-state index in [9.17, 15) is 14.7 Å². The number of nitrogens with zero attached hydrogens (tertiary/aromatic N) is 1. The topological polar surface area (TPSA) is 99.1 Å². The average molecular weight is 348 g/mol. The number of carbonyl (C=O) groups is 2. The molecule has 0 unspecified atom stereocenters. The van der Waals surface area contributed by atoms with Gasteiger partial charge in [0, 0.05) is 26.1 Å². The Hall–Kier alpha value is -2.12. The second-order valence-electron chi connectivity index (χ2n) is 6.79. The molecule has 0 bridgehead atoms. The summed E-state index contributed by atoms with van der Waals surface area (Å²) in [7, 11) is 0. The van der Waals surface area contributed by atoms with Gasteiger partial charge in [-0.2, -0.15) is 0 Å². The minimum absolute atomic E-state index is 0.0189. The molecule has 0 aliphatic carbocycles. The maximum absolute atomic E-state index is 11.7. The molecule has 7 nitrogen and oxygen atoms in total. The molecule has 0 radical (unpaired) electrons. The normalized spacial score (nSPS) is 22.8. The number of carboxylic acid groups (broad SMARTS) is 1. The van der Waals surface area contributed by atoms with Gasteiger partial charge in [-0.05, 0) is 30.5 Å². The third-order valence-electron chi connectivity index (χ3n) is 5.16. The zero-order valence-electron chi connectivity index (χ0n) is 14.1. The van der Waals surface area contributed by atoms with Gasteiger partial charge in [-0.1, -0.05) is 12.1 Å². The van der Waals surface area contributed by atoms with E-state index in [2.05, 4.69) is 10.2 Å². The number of hydrogen-bond acceptors (Lipinski definition) is 5. The van der Waals surface area contributed by atoms with Crippen LogP contribution in [0.1, 0.15) is 24.8 Å². The summed E-state index contributed by atoms with van der Waals surface area (Å²) in [6.45, 7) is 2.48. The number of aliphatic hydroxyl groups is 1. The van der Waals surface area contributed by atoms with Crippen molar-refractivity contribution < 1.29 is 24.5 Å². The highest BCUT2D eigenvalue weighted by Crippen LogP contribution is 2.37. The lowest BCUT2D eigenvalue weighted by Gasteiger charge is -2.41. The van der Waals surface area contributed by atoms with Crippen LogP contribution in [0.4, 0.5) is 0 Å². The van der Waals surface area contributed by atoms with Gasteiger partial charge < -0.3 is 20.3 Å². The average Bonchev–Trinajstić information content (AvgIpc) is 2.92. The number of carbonyl (C=O) groups excluding carboxylic acids is 1. The smallest absolute Gasteiger partial charge is 0.309 e. The second-order valence-corrected chi connectivity index (χ2v) is 6.79. The van der Waals surface area contributed by atoms with Gasteiger partial charge in [0.25, 0.3) is 0 Å². The van der Waals surface area contributed by atoms with Crippen LogP contribution in [0, 0.1) is 5.92 Å². The van der Waals surface area contributed by atoms with Gasteiger partial charge in [-0.25, -0.2) is 0 Å². The first-order chi connectivity index (χ1) is 12.0. The van der Waals surface area contributed by atoms with Gasteiger partial charge in [0.05, 0.1) is 18.1 Å². The number of rotatable bonds is 6. The quantitative estimate of drug-likeness (QED) is 0.697. The fraction of sp³-hybridized carbons (Fsp3) is 0.556. The molecule has 1 amide bonds. The lowest BCUT2D eigenvalue weighted by Crippen LogP contribution is -2.55. The monoisotopic (exact) mass is 348 g/mol. The third kappa shape index (κ3) is 3.93. The van der Waals surface area contributed by atoms with Gasteiger partial charge in [-0.3, -0.25) is 14.5 Å². The molecule has 3 rings (SSSR count). The zero-order valence-corrected chi connectivity index (χ0v) is 14.1. The molecule has 0 aromatic heterocycles. The van der Waals surface area contributed by atoms with Crippen LogP contribution in [0.5, 0.6) is 5.75 Å². The summed E-state index contributed by atoms with van der Waals surface area (Å²) in [5, 5.41) is 21.2. The molecule has 2 aliphatic heterocycles. The van der Waals surface area contributed by atoms with E-state index in [0.29, 0.717) is 12.8 Å². The summed E-state index contributed by atoms with van der Waals surface area (Å²) in [5.74, 6) is -0.943. The van der Waals surface area contributed by atoms with Gasteiger partial charge in [0.2, 0.25) is 5.91 Å². The summed E-state index contributed by atoms with van der Waals surface area (Å²) in [6.07, 6.45) is 1.38. The van der Waals surface area contributed by atoms with Gasteiger partial charge in [0.1, 0.15) is 12.4 Å². The first-order valence-electron chi connectivity index (χ1n) is 8.61. The maximum Gasteiger partial charge on any atom is 0.309 e. The van der Waals surface area contributed by atoms with E-state index in [1.165, 1.54) is 0 Å². The van der Waals surface area contributed by atoms with Crippen LogP contribution in [0.3, 0.4) is 0 Å². The Balaban J connectivity index is 1.59. The van der Waals surface area contributed by atoms with Crippen LogP contribution in [0.2, 0.25) is 0 Å². The summed E-state index contributed by atoms with van der Waals surface area (Å²) in [4.78, 5) is 25.5. The molecule has 7 heteroatoms. The number of benzene rings is 1. The van der Waals surface area contributed by atoms with Gasteiger partial charge >= 0.3 is 5.97 Å². The Morgan fingerprint density at radius 3 is 2.80 bits per heavy atom. The highest BCUT2D eigenvalue weighted by Gasteiger charge is 2.51. The van der Waals surface area contributed by atoms with Crippen molar-refractivity contribution in [3.63, 3.8) is 0 Å². The number of amides is 1. The van der Waals surface area contributed by atoms with E-state index >= 15 is 0 Å². The molecule has 0 saturated carbocycles. The van der Waals surface area contributed by atoms with E-state index in [0.717, 1.165) is 30.9 Å². The second kappa shape index (κ2) is 7.41. The minimum atomic E-state index is -0.888. The third-order valence-corrected chi connectivity index (χ3v) is 5.16. The Kier molecular flexibility index (Phi) is 5.24. The van der Waals surface area contributed by atoms with Crippen molar-refractivity contribution in [3.05, 3.63) is 29.8 Å². The molecule has 1 aromatic carbocycles. The summed E-state index contributed by atoms with van der Waals surface area (Å²) < 4.78 is 5.43. The standard InChI is InChI=1S/C18H24N2O5/c21-8-9-25-14-3-1-2-13(10-14)12-20-6-4-18(5-7-20)15(17(23)24)11-16(22)19-18/h1-3,10,15,21H,4-9,11-12H2,(H,19,22)(H,23,24)/t15-/m1/s1. The summed E-state index contributed by atoms with van der Waals surface area (Å²) >= 11 is 0. The molecule has 2 heterocycles. The van der Waals surface area contributed by atoms with E-state index in [-0.39, 0.29) is 25.5 Å². The van der Waals surface area contributed by atoms with Crippen LogP contribution >= 0.6 is 0 Å². The fourth-order valence-electron chi connectivity index (χ4n) is 3.86. The molecule has 25 heavy (non-hydrogen) atoms. The van der Waals surface area contributed by atoms with Crippen molar-refractivity contribution in [3.8, 4) is 5.75 Å². The Bertz CT molecular complexity index is 640. The van der Waals surface area contributed by atoms with Crippen LogP contribution in [-0.4, -0.2) is 58.8 Å². The van der Waals surface area contributed by atoms with Crippen molar-refractivity contribution in [2.24, 2.45) is 5.92 Å². The Morgan fingerprint density at radius 2 is 2.12 bits per heavy atom. The van der Waals surface area contributed by atoms with Crippen LogP contribution in [-0.2, 0) is 16.1 Å². The molecule has 2 fully saturated rings. The number of carboxylic acids is 1. The number of aliphatic carboxylic acids is 1. The van der Waals surface area contributed by atoms with Crippen LogP contribution in [0.25, 0.3) is 0 Å². The van der Waals surface area contributed by atoms with Crippen molar-refractivity contribution in [2.75, 3.05) is 26.3 Å². The first kappa shape index (κ1) is 17.7. The maximum atomic E-state index is 11.7. The number of ether oxygens (including phenoxy) is 1. The highest BCUT2D eigenvalue weighted by molar-refractivity contribution is 5.88. The molecule has 2 aliphatic rings. The SMILES string of the molecule is O=C1C[C@H](C(=O)O)C2(CCN(Cc3cccc(OCCO)c3)CC2)N1. The minimum Gasteiger partial charge on any atom is -0.491 e. The van der Waals surface area contributed by atoms with E-state index in [1.807, 2.05) is 24.3 Å². The molecule has 1 spiro atoms. The Morgan fingerprint density at radius 1 is 1.36 bits per heavy atom. The molecule has 1 atom stereocenters. The van der Waals surface area contributed by atoms with Gasteiger partial charge in [0.15, 0.2) is 0 Å². The Labute approximate surface area is 146 Å². The summed E-state index contributed by atoms with van der Waals surface area (Å²) in [5.41, 5.74) is 0.516.